The van der Waals surface area contributed by atoms with Gasteiger partial charge in [-0.2, -0.15) is 0 Å². The predicted octanol–water partition coefficient (Wildman–Crippen LogP) is 3.59. The highest BCUT2D eigenvalue weighted by Crippen LogP contribution is 2.31. The summed E-state index contributed by atoms with van der Waals surface area (Å²) in [5.74, 6) is 0.736. The van der Waals surface area contributed by atoms with Crippen molar-refractivity contribution >= 4 is 27.3 Å². The molecule has 1 fully saturated rings. The van der Waals surface area contributed by atoms with Crippen molar-refractivity contribution in [3.05, 3.63) is 47.0 Å². The van der Waals surface area contributed by atoms with Gasteiger partial charge in [-0.05, 0) is 51.3 Å². The molecule has 3 aromatic heterocycles. The van der Waals surface area contributed by atoms with Gasteiger partial charge >= 0.3 is 0 Å². The van der Waals surface area contributed by atoms with Crippen molar-refractivity contribution in [2.24, 2.45) is 7.05 Å². The summed E-state index contributed by atoms with van der Waals surface area (Å²) in [6, 6.07) is 4.87. The Morgan fingerprint density at radius 2 is 2.06 bits per heavy atom. The molecular weight excluding hydrogens is 448 g/mol. The number of amides is 1. The third kappa shape index (κ3) is 4.82. The van der Waals surface area contributed by atoms with Gasteiger partial charge in [0.1, 0.15) is 20.5 Å². The van der Waals surface area contributed by atoms with Crippen LogP contribution in [0, 0.1) is 6.92 Å². The highest BCUT2D eigenvalue weighted by molar-refractivity contribution is 7.89. The van der Waals surface area contributed by atoms with Gasteiger partial charge < -0.3 is 13.9 Å². The fraction of sp³-hybridized carbons (Fsp3) is 0.455. The maximum atomic E-state index is 12.9. The number of carbonyl (C=O) groups excluding carboxylic acids is 1. The number of sulfonamides is 1. The monoisotopic (exact) mass is 476 g/mol. The summed E-state index contributed by atoms with van der Waals surface area (Å²) in [6.07, 6.45) is 6.81. The van der Waals surface area contributed by atoms with Crippen molar-refractivity contribution in [1.82, 2.24) is 19.2 Å². The van der Waals surface area contributed by atoms with Crippen molar-refractivity contribution < 1.29 is 17.6 Å². The van der Waals surface area contributed by atoms with E-state index >= 15 is 0 Å². The van der Waals surface area contributed by atoms with Crippen molar-refractivity contribution in [3.63, 3.8) is 0 Å². The zero-order valence-corrected chi connectivity index (χ0v) is 20.1. The molecule has 1 atom stereocenters. The van der Waals surface area contributed by atoms with E-state index in [2.05, 4.69) is 9.71 Å². The Hall–Kier alpha value is -2.43. The fourth-order valence-corrected chi connectivity index (χ4v) is 6.35. The number of hydrogen-bond donors (Lipinski definition) is 1. The van der Waals surface area contributed by atoms with E-state index in [1.165, 1.54) is 11.3 Å². The molecule has 4 rings (SSSR count). The average molecular weight is 477 g/mol. The number of piperidine rings is 1. The summed E-state index contributed by atoms with van der Waals surface area (Å²) in [7, 11) is -1.94. The number of aromatic nitrogens is 2. The second kappa shape index (κ2) is 9.21. The molecule has 32 heavy (non-hydrogen) atoms. The number of thiazole rings is 1. The van der Waals surface area contributed by atoms with E-state index in [4.69, 9.17) is 4.42 Å². The first-order valence-electron chi connectivity index (χ1n) is 10.7. The zero-order chi connectivity index (χ0) is 22.9. The van der Waals surface area contributed by atoms with E-state index in [-0.39, 0.29) is 16.8 Å². The lowest BCUT2D eigenvalue weighted by atomic mass is 10.1. The average Bonchev–Trinajstić information content (AvgIpc) is 3.48. The largest absolute Gasteiger partial charge is 0.469 e. The molecule has 1 aliphatic heterocycles. The molecule has 0 bridgehead atoms. The molecule has 1 saturated heterocycles. The maximum absolute atomic E-state index is 12.9. The first kappa shape index (κ1) is 22.8. The number of nitrogens with one attached hydrogen (secondary N) is 1. The Labute approximate surface area is 192 Å². The van der Waals surface area contributed by atoms with Crippen LogP contribution in [0.15, 0.2) is 40.0 Å². The number of aryl methyl sites for hydroxylation is 2. The lowest BCUT2D eigenvalue weighted by Gasteiger charge is -2.26. The molecule has 1 aliphatic rings. The topological polar surface area (TPSA) is 97.4 Å². The van der Waals surface area contributed by atoms with E-state index in [0.717, 1.165) is 38.1 Å². The second-order valence-electron chi connectivity index (χ2n) is 8.26. The Balaban J connectivity index is 1.53. The van der Waals surface area contributed by atoms with Crippen LogP contribution in [0.4, 0.5) is 0 Å². The van der Waals surface area contributed by atoms with Crippen LogP contribution in [0.3, 0.4) is 0 Å². The van der Waals surface area contributed by atoms with E-state index in [1.807, 2.05) is 17.9 Å². The summed E-state index contributed by atoms with van der Waals surface area (Å²) in [4.78, 5) is 20.2. The minimum absolute atomic E-state index is 0.0152. The van der Waals surface area contributed by atoms with Crippen LogP contribution < -0.4 is 4.72 Å². The van der Waals surface area contributed by atoms with Gasteiger partial charge in [0.05, 0.1) is 17.7 Å². The van der Waals surface area contributed by atoms with Crippen molar-refractivity contribution in [2.45, 2.75) is 50.5 Å². The molecule has 1 N–H and O–H groups in total. The van der Waals surface area contributed by atoms with E-state index in [1.54, 1.807) is 43.1 Å². The van der Waals surface area contributed by atoms with Crippen molar-refractivity contribution in [1.29, 1.82) is 0 Å². The summed E-state index contributed by atoms with van der Waals surface area (Å²) < 4.78 is 35.6. The van der Waals surface area contributed by atoms with Crippen molar-refractivity contribution in [2.75, 3.05) is 13.1 Å². The second-order valence-corrected chi connectivity index (χ2v) is 11.0. The first-order chi connectivity index (χ1) is 15.2. The molecule has 1 amide bonds. The Bertz CT molecular complexity index is 1190. The molecule has 10 heteroatoms. The van der Waals surface area contributed by atoms with Gasteiger partial charge in [0.25, 0.3) is 5.91 Å². The van der Waals surface area contributed by atoms with E-state index in [9.17, 15) is 13.2 Å². The van der Waals surface area contributed by atoms with Crippen LogP contribution >= 0.6 is 11.3 Å². The SMILES string of the molecule is Cc1nc(-c2cc(S(=O)(=O)NC(C)Cc3ccco3)cn2C)sc1C(=O)N1CCCCC1. The minimum atomic E-state index is -3.72. The van der Waals surface area contributed by atoms with Gasteiger partial charge in [0.2, 0.25) is 10.0 Å². The Morgan fingerprint density at radius 3 is 2.75 bits per heavy atom. The summed E-state index contributed by atoms with van der Waals surface area (Å²) in [6.45, 7) is 5.18. The normalized spacial score (nSPS) is 15.8. The standard InChI is InChI=1S/C22H28N4O4S2/c1-15(12-17-8-7-11-30-17)24-32(28,29)18-13-19(25(3)14-18)21-23-16(2)20(31-21)22(27)26-9-5-4-6-10-26/h7-8,11,13-15,24H,4-6,9-10,12H2,1-3H3. The van der Waals surface area contributed by atoms with Crippen LogP contribution in [-0.2, 0) is 23.5 Å². The summed E-state index contributed by atoms with van der Waals surface area (Å²) in [5, 5.41) is 0.635. The third-order valence-corrected chi connectivity index (χ3v) is 8.31. The lowest BCUT2D eigenvalue weighted by molar-refractivity contribution is 0.0728. The van der Waals surface area contributed by atoms with Gasteiger partial charge in [-0.1, -0.05) is 0 Å². The Morgan fingerprint density at radius 1 is 1.31 bits per heavy atom. The van der Waals surface area contributed by atoms with Crippen molar-refractivity contribution in [3.8, 4) is 10.7 Å². The van der Waals surface area contributed by atoms with E-state index < -0.39 is 10.0 Å². The number of hydrogen-bond acceptors (Lipinski definition) is 6. The molecule has 4 heterocycles. The quantitative estimate of drug-likeness (QED) is 0.562. The van der Waals surface area contributed by atoms with Gasteiger partial charge in [-0.25, -0.2) is 18.1 Å². The third-order valence-electron chi connectivity index (χ3n) is 5.59. The smallest absolute Gasteiger partial charge is 0.265 e. The predicted molar refractivity (Wildman–Crippen MR) is 123 cm³/mol. The maximum Gasteiger partial charge on any atom is 0.265 e. The number of likely N-dealkylation sites (tertiary alicyclic amines) is 1. The van der Waals surface area contributed by atoms with Crippen LogP contribution in [0.1, 0.15) is 47.3 Å². The van der Waals surface area contributed by atoms with E-state index in [0.29, 0.717) is 27.7 Å². The van der Waals surface area contributed by atoms with Crippen LogP contribution in [-0.4, -0.2) is 47.9 Å². The molecule has 172 valence electrons. The molecule has 0 radical (unpaired) electrons. The van der Waals surface area contributed by atoms with Crippen LogP contribution in [0.25, 0.3) is 10.7 Å². The number of carbonyl (C=O) groups is 1. The number of nitrogens with zero attached hydrogens (tertiary/aromatic N) is 3. The molecule has 3 aromatic rings. The highest BCUT2D eigenvalue weighted by atomic mass is 32.2. The Kier molecular flexibility index (Phi) is 6.55. The highest BCUT2D eigenvalue weighted by Gasteiger charge is 2.26. The minimum Gasteiger partial charge on any atom is -0.469 e. The molecule has 0 aromatic carbocycles. The number of furan rings is 1. The van der Waals surface area contributed by atoms with Gasteiger partial charge in [0, 0.05) is 38.8 Å². The summed E-state index contributed by atoms with van der Waals surface area (Å²) >= 11 is 1.32. The lowest BCUT2D eigenvalue weighted by Crippen LogP contribution is -2.35. The van der Waals surface area contributed by atoms with Gasteiger partial charge in [0.15, 0.2) is 0 Å². The van der Waals surface area contributed by atoms with Crippen LogP contribution in [0.5, 0.6) is 0 Å². The zero-order valence-electron chi connectivity index (χ0n) is 18.5. The molecule has 0 aliphatic carbocycles. The molecule has 0 saturated carbocycles. The molecule has 8 nitrogen and oxygen atoms in total. The van der Waals surface area contributed by atoms with Gasteiger partial charge in [-0.3, -0.25) is 4.79 Å². The first-order valence-corrected chi connectivity index (χ1v) is 13.0. The molecular formula is C22H28N4O4S2. The number of rotatable bonds is 7. The fourth-order valence-electron chi connectivity index (χ4n) is 3.94. The molecule has 0 spiro atoms. The molecule has 1 unspecified atom stereocenters. The van der Waals surface area contributed by atoms with Gasteiger partial charge in [-0.15, -0.1) is 11.3 Å². The summed E-state index contributed by atoms with van der Waals surface area (Å²) in [5.41, 5.74) is 1.34. The van der Waals surface area contributed by atoms with Crippen LogP contribution in [0.2, 0.25) is 0 Å².